The quantitative estimate of drug-likeness (QED) is 0.684. The van der Waals surface area contributed by atoms with Crippen molar-refractivity contribution in [2.24, 2.45) is 0 Å². The van der Waals surface area contributed by atoms with Crippen LogP contribution in [0.2, 0.25) is 0 Å². The summed E-state index contributed by atoms with van der Waals surface area (Å²) in [5.41, 5.74) is 0.289. The zero-order valence-electron chi connectivity index (χ0n) is 12.2. The largest absolute Gasteiger partial charge is 0.504 e. The summed E-state index contributed by atoms with van der Waals surface area (Å²) >= 11 is 0. The van der Waals surface area contributed by atoms with Gasteiger partial charge in [-0.3, -0.25) is 9.69 Å². The molecule has 21 heavy (non-hydrogen) atoms. The number of phenolic OH excluding ortho intramolecular Hbond substituents is 1. The number of carboxylic acid groups (broad SMARTS) is 1. The molecule has 0 saturated carbocycles. The third-order valence-corrected chi connectivity index (χ3v) is 2.95. The molecule has 1 atom stereocenters. The number of ether oxygens (including phenoxy) is 1. The summed E-state index contributed by atoms with van der Waals surface area (Å²) in [4.78, 5) is 13.3. The lowest BCUT2D eigenvalue weighted by Gasteiger charge is -2.27. The molecule has 5 heteroatoms. The number of nitrogens with zero attached hydrogens (tertiary/aromatic N) is 1. The Labute approximate surface area is 124 Å². The highest BCUT2D eigenvalue weighted by Crippen LogP contribution is 2.36. The smallest absolute Gasteiger partial charge is 0.325 e. The standard InChI is InChI=1S/C16H21NO4/c1-4-10-17(11-5-2)14(16(19)20)12-8-7-9-13(15(12)18)21-6-3/h4-5,7-9,14,18H,1-2,6,10-11H2,3H3,(H,19,20). The molecule has 0 aliphatic heterocycles. The van der Waals surface area contributed by atoms with Crippen molar-refractivity contribution >= 4 is 5.97 Å². The summed E-state index contributed by atoms with van der Waals surface area (Å²) < 4.78 is 5.31. The Morgan fingerprint density at radius 2 is 2.00 bits per heavy atom. The highest BCUT2D eigenvalue weighted by atomic mass is 16.5. The van der Waals surface area contributed by atoms with Crippen LogP contribution in [0.5, 0.6) is 11.5 Å². The van der Waals surface area contributed by atoms with Crippen LogP contribution in [0, 0.1) is 0 Å². The molecule has 0 aromatic heterocycles. The van der Waals surface area contributed by atoms with E-state index in [1.807, 2.05) is 0 Å². The molecule has 0 radical (unpaired) electrons. The van der Waals surface area contributed by atoms with Crippen LogP contribution in [0.25, 0.3) is 0 Å². The summed E-state index contributed by atoms with van der Waals surface area (Å²) in [5.74, 6) is -0.925. The zero-order chi connectivity index (χ0) is 15.8. The van der Waals surface area contributed by atoms with Crippen LogP contribution in [-0.2, 0) is 4.79 Å². The van der Waals surface area contributed by atoms with E-state index >= 15 is 0 Å². The maximum Gasteiger partial charge on any atom is 0.325 e. The minimum absolute atomic E-state index is 0.148. The second-order valence-corrected chi connectivity index (χ2v) is 4.40. The summed E-state index contributed by atoms with van der Waals surface area (Å²) in [6.07, 6.45) is 3.23. The van der Waals surface area contributed by atoms with Gasteiger partial charge in [-0.25, -0.2) is 0 Å². The zero-order valence-corrected chi connectivity index (χ0v) is 12.2. The van der Waals surface area contributed by atoms with E-state index in [9.17, 15) is 15.0 Å². The van der Waals surface area contributed by atoms with Gasteiger partial charge in [-0.15, -0.1) is 13.2 Å². The van der Waals surface area contributed by atoms with Crippen LogP contribution in [-0.4, -0.2) is 40.8 Å². The molecule has 0 aliphatic carbocycles. The predicted molar refractivity (Wildman–Crippen MR) is 81.6 cm³/mol. The fraction of sp³-hybridized carbons (Fsp3) is 0.312. The first-order valence-corrected chi connectivity index (χ1v) is 6.70. The molecular formula is C16H21NO4. The molecular weight excluding hydrogens is 270 g/mol. The Bertz CT molecular complexity index is 503. The molecule has 5 nitrogen and oxygen atoms in total. The second kappa shape index (κ2) is 8.11. The van der Waals surface area contributed by atoms with Gasteiger partial charge in [0.05, 0.1) is 6.61 Å². The number of benzene rings is 1. The second-order valence-electron chi connectivity index (χ2n) is 4.40. The maximum atomic E-state index is 11.7. The number of aromatic hydroxyl groups is 1. The van der Waals surface area contributed by atoms with Crippen LogP contribution in [0.1, 0.15) is 18.5 Å². The van der Waals surface area contributed by atoms with E-state index in [2.05, 4.69) is 13.2 Å². The molecule has 2 N–H and O–H groups in total. The first-order valence-electron chi connectivity index (χ1n) is 6.70. The number of phenols is 1. The fourth-order valence-corrected chi connectivity index (χ4v) is 2.13. The van der Waals surface area contributed by atoms with E-state index in [1.165, 1.54) is 0 Å². The maximum absolute atomic E-state index is 11.7. The van der Waals surface area contributed by atoms with Crippen LogP contribution in [0.4, 0.5) is 0 Å². The van der Waals surface area contributed by atoms with Gasteiger partial charge in [0.15, 0.2) is 11.5 Å². The van der Waals surface area contributed by atoms with Gasteiger partial charge >= 0.3 is 5.97 Å². The monoisotopic (exact) mass is 291 g/mol. The summed E-state index contributed by atoms with van der Waals surface area (Å²) in [6, 6.07) is 3.85. The van der Waals surface area contributed by atoms with Crippen molar-refractivity contribution in [1.29, 1.82) is 0 Å². The fourth-order valence-electron chi connectivity index (χ4n) is 2.13. The number of rotatable bonds is 9. The number of hydrogen-bond acceptors (Lipinski definition) is 4. The molecule has 1 aromatic rings. The van der Waals surface area contributed by atoms with Gasteiger partial charge in [-0.2, -0.15) is 0 Å². The van der Waals surface area contributed by atoms with E-state index < -0.39 is 12.0 Å². The van der Waals surface area contributed by atoms with Crippen LogP contribution >= 0.6 is 0 Å². The van der Waals surface area contributed by atoms with Gasteiger partial charge in [0, 0.05) is 18.7 Å². The number of para-hydroxylation sites is 1. The number of hydrogen-bond donors (Lipinski definition) is 2. The normalized spacial score (nSPS) is 11.9. The SMILES string of the molecule is C=CCN(CC=C)C(C(=O)O)c1cccc(OCC)c1O. The summed E-state index contributed by atoms with van der Waals surface area (Å²) in [7, 11) is 0. The van der Waals surface area contributed by atoms with Crippen molar-refractivity contribution < 1.29 is 19.7 Å². The molecule has 0 aliphatic rings. The highest BCUT2D eigenvalue weighted by molar-refractivity contribution is 5.77. The molecule has 1 unspecified atom stereocenters. The molecule has 1 aromatic carbocycles. The first-order chi connectivity index (χ1) is 10.1. The van der Waals surface area contributed by atoms with E-state index in [-0.39, 0.29) is 17.1 Å². The van der Waals surface area contributed by atoms with Gasteiger partial charge < -0.3 is 14.9 Å². The van der Waals surface area contributed by atoms with Crippen molar-refractivity contribution in [3.8, 4) is 11.5 Å². The third kappa shape index (κ3) is 4.10. The van der Waals surface area contributed by atoms with Crippen LogP contribution in [0.15, 0.2) is 43.5 Å². The van der Waals surface area contributed by atoms with Crippen molar-refractivity contribution in [2.45, 2.75) is 13.0 Å². The average molecular weight is 291 g/mol. The first kappa shape index (κ1) is 16.8. The Hall–Kier alpha value is -2.27. The number of carboxylic acids is 1. The molecule has 0 fully saturated rings. The Morgan fingerprint density at radius 3 is 2.48 bits per heavy atom. The van der Waals surface area contributed by atoms with E-state index in [1.54, 1.807) is 42.2 Å². The minimum atomic E-state index is -1.05. The lowest BCUT2D eigenvalue weighted by molar-refractivity contribution is -0.143. The molecule has 0 bridgehead atoms. The van der Waals surface area contributed by atoms with Crippen molar-refractivity contribution in [3.63, 3.8) is 0 Å². The van der Waals surface area contributed by atoms with Crippen molar-refractivity contribution in [1.82, 2.24) is 4.90 Å². The van der Waals surface area contributed by atoms with Crippen molar-refractivity contribution in [3.05, 3.63) is 49.1 Å². The van der Waals surface area contributed by atoms with Gasteiger partial charge in [0.2, 0.25) is 0 Å². The highest BCUT2D eigenvalue weighted by Gasteiger charge is 2.29. The molecule has 114 valence electrons. The van der Waals surface area contributed by atoms with E-state index in [0.29, 0.717) is 19.7 Å². The average Bonchev–Trinajstić information content (AvgIpc) is 2.43. The Morgan fingerprint density at radius 1 is 1.38 bits per heavy atom. The summed E-state index contributed by atoms with van der Waals surface area (Å²) in [6.45, 7) is 10.2. The predicted octanol–water partition coefficient (Wildman–Crippen LogP) is 2.59. The summed E-state index contributed by atoms with van der Waals surface area (Å²) in [5, 5.41) is 19.8. The Kier molecular flexibility index (Phi) is 6.49. The molecule has 1 rings (SSSR count). The molecule has 0 saturated heterocycles. The molecule has 0 spiro atoms. The molecule has 0 heterocycles. The minimum Gasteiger partial charge on any atom is -0.504 e. The van der Waals surface area contributed by atoms with Gasteiger partial charge in [-0.1, -0.05) is 24.3 Å². The Balaban J connectivity index is 3.27. The van der Waals surface area contributed by atoms with Crippen LogP contribution in [0.3, 0.4) is 0 Å². The lowest BCUT2D eigenvalue weighted by atomic mass is 10.0. The van der Waals surface area contributed by atoms with Gasteiger partial charge in [0.25, 0.3) is 0 Å². The molecule has 0 amide bonds. The van der Waals surface area contributed by atoms with Crippen LogP contribution < -0.4 is 4.74 Å². The van der Waals surface area contributed by atoms with Crippen molar-refractivity contribution in [2.75, 3.05) is 19.7 Å². The topological polar surface area (TPSA) is 70.0 Å². The van der Waals surface area contributed by atoms with E-state index in [0.717, 1.165) is 0 Å². The lowest BCUT2D eigenvalue weighted by Crippen LogP contribution is -2.34. The van der Waals surface area contributed by atoms with Gasteiger partial charge in [-0.05, 0) is 13.0 Å². The van der Waals surface area contributed by atoms with Gasteiger partial charge in [0.1, 0.15) is 6.04 Å². The third-order valence-electron chi connectivity index (χ3n) is 2.95. The number of carbonyl (C=O) groups is 1. The number of aliphatic carboxylic acids is 1. The van der Waals surface area contributed by atoms with E-state index in [4.69, 9.17) is 4.74 Å².